The molecule has 1 amide bonds. The SMILES string of the molecule is COc1ccc(C#CCNC(=O)COc2ccccc2F)cc1. The van der Waals surface area contributed by atoms with E-state index in [1.54, 1.807) is 19.2 Å². The van der Waals surface area contributed by atoms with Crippen molar-refractivity contribution >= 4 is 5.91 Å². The van der Waals surface area contributed by atoms with Gasteiger partial charge in [0.15, 0.2) is 18.2 Å². The van der Waals surface area contributed by atoms with Gasteiger partial charge in [-0.1, -0.05) is 24.0 Å². The minimum absolute atomic E-state index is 0.0481. The Kier molecular flexibility index (Phi) is 6.01. The molecule has 23 heavy (non-hydrogen) atoms. The molecule has 0 atom stereocenters. The van der Waals surface area contributed by atoms with E-state index in [1.165, 1.54) is 12.1 Å². The van der Waals surface area contributed by atoms with Gasteiger partial charge in [-0.2, -0.15) is 0 Å². The Hall–Kier alpha value is -3.00. The number of amides is 1. The third kappa shape index (κ3) is 5.36. The summed E-state index contributed by atoms with van der Waals surface area (Å²) in [6.45, 7) is -0.0728. The first-order valence-electron chi connectivity index (χ1n) is 6.96. The number of halogens is 1. The molecule has 2 aromatic rings. The van der Waals surface area contributed by atoms with E-state index < -0.39 is 5.82 Å². The van der Waals surface area contributed by atoms with E-state index in [2.05, 4.69) is 17.2 Å². The molecule has 0 bridgehead atoms. The fraction of sp³-hybridized carbons (Fsp3) is 0.167. The van der Waals surface area contributed by atoms with Gasteiger partial charge in [-0.15, -0.1) is 0 Å². The summed E-state index contributed by atoms with van der Waals surface area (Å²) in [7, 11) is 1.60. The van der Waals surface area contributed by atoms with Gasteiger partial charge in [0.05, 0.1) is 13.7 Å². The molecule has 0 aliphatic heterocycles. The van der Waals surface area contributed by atoms with Gasteiger partial charge in [0, 0.05) is 5.56 Å². The highest BCUT2D eigenvalue weighted by atomic mass is 19.1. The van der Waals surface area contributed by atoms with Gasteiger partial charge in [0.25, 0.3) is 5.91 Å². The van der Waals surface area contributed by atoms with E-state index >= 15 is 0 Å². The Morgan fingerprint density at radius 2 is 1.91 bits per heavy atom. The molecule has 0 heterocycles. The van der Waals surface area contributed by atoms with Gasteiger partial charge in [-0.3, -0.25) is 4.79 Å². The highest BCUT2D eigenvalue weighted by molar-refractivity contribution is 5.77. The highest BCUT2D eigenvalue weighted by Crippen LogP contribution is 2.14. The van der Waals surface area contributed by atoms with Crippen molar-refractivity contribution in [2.45, 2.75) is 0 Å². The van der Waals surface area contributed by atoms with Crippen LogP contribution in [0.3, 0.4) is 0 Å². The summed E-state index contributed by atoms with van der Waals surface area (Å²) in [6.07, 6.45) is 0. The maximum atomic E-state index is 13.3. The van der Waals surface area contributed by atoms with Crippen molar-refractivity contribution in [2.75, 3.05) is 20.3 Å². The van der Waals surface area contributed by atoms with Gasteiger partial charge >= 0.3 is 0 Å². The number of para-hydroxylation sites is 1. The minimum Gasteiger partial charge on any atom is -0.497 e. The first-order chi connectivity index (χ1) is 11.2. The Labute approximate surface area is 134 Å². The number of methoxy groups -OCH3 is 1. The zero-order valence-corrected chi connectivity index (χ0v) is 12.6. The summed E-state index contributed by atoms with van der Waals surface area (Å²) in [5.74, 6) is 5.68. The molecule has 0 aliphatic carbocycles. The Bertz CT molecular complexity index is 717. The molecule has 0 fully saturated rings. The lowest BCUT2D eigenvalue weighted by Gasteiger charge is -2.06. The van der Waals surface area contributed by atoms with Gasteiger partial charge < -0.3 is 14.8 Å². The number of benzene rings is 2. The molecule has 0 saturated heterocycles. The lowest BCUT2D eigenvalue weighted by atomic mass is 10.2. The Balaban J connectivity index is 1.74. The van der Waals surface area contributed by atoms with Crippen molar-refractivity contribution in [2.24, 2.45) is 0 Å². The molecule has 0 aromatic heterocycles. The first kappa shape index (κ1) is 16.4. The second kappa shape index (κ2) is 8.44. The summed E-state index contributed by atoms with van der Waals surface area (Å²) in [4.78, 5) is 11.6. The molecule has 0 spiro atoms. The van der Waals surface area contributed by atoms with Crippen LogP contribution in [-0.4, -0.2) is 26.2 Å². The maximum Gasteiger partial charge on any atom is 0.258 e. The van der Waals surface area contributed by atoms with Crippen LogP contribution in [-0.2, 0) is 4.79 Å². The lowest BCUT2D eigenvalue weighted by Crippen LogP contribution is -2.29. The average molecular weight is 313 g/mol. The van der Waals surface area contributed by atoms with E-state index in [1.807, 2.05) is 24.3 Å². The topological polar surface area (TPSA) is 47.6 Å². The van der Waals surface area contributed by atoms with Gasteiger partial charge in [-0.05, 0) is 36.4 Å². The molecular formula is C18H16FNO3. The van der Waals surface area contributed by atoms with E-state index in [4.69, 9.17) is 9.47 Å². The van der Waals surface area contributed by atoms with Crippen molar-refractivity contribution in [3.8, 4) is 23.3 Å². The van der Waals surface area contributed by atoms with Gasteiger partial charge in [-0.25, -0.2) is 4.39 Å². The van der Waals surface area contributed by atoms with Crippen LogP contribution in [0.4, 0.5) is 4.39 Å². The number of carbonyl (C=O) groups excluding carboxylic acids is 1. The predicted molar refractivity (Wildman–Crippen MR) is 84.8 cm³/mol. The first-order valence-corrected chi connectivity index (χ1v) is 6.96. The molecule has 0 unspecified atom stereocenters. The fourth-order valence-electron chi connectivity index (χ4n) is 1.72. The van der Waals surface area contributed by atoms with Crippen LogP contribution in [0.5, 0.6) is 11.5 Å². The summed E-state index contributed by atoms with van der Waals surface area (Å²) in [6, 6.07) is 13.2. The monoisotopic (exact) mass is 313 g/mol. The van der Waals surface area contributed by atoms with Gasteiger partial charge in [0.1, 0.15) is 5.75 Å². The van der Waals surface area contributed by atoms with Crippen molar-refractivity contribution in [3.63, 3.8) is 0 Å². The van der Waals surface area contributed by atoms with Crippen molar-refractivity contribution in [1.82, 2.24) is 5.32 Å². The third-order valence-corrected chi connectivity index (χ3v) is 2.89. The summed E-state index contributed by atoms with van der Waals surface area (Å²) < 4.78 is 23.4. The van der Waals surface area contributed by atoms with Crippen LogP contribution >= 0.6 is 0 Å². The predicted octanol–water partition coefficient (Wildman–Crippen LogP) is 2.38. The van der Waals surface area contributed by atoms with Crippen molar-refractivity contribution in [3.05, 3.63) is 59.9 Å². The van der Waals surface area contributed by atoms with Crippen LogP contribution in [0.1, 0.15) is 5.56 Å². The van der Waals surface area contributed by atoms with E-state index in [0.717, 1.165) is 11.3 Å². The molecule has 4 nitrogen and oxygen atoms in total. The quantitative estimate of drug-likeness (QED) is 0.862. The molecule has 5 heteroatoms. The number of carbonyl (C=O) groups is 1. The summed E-state index contributed by atoms with van der Waals surface area (Å²) in [5.41, 5.74) is 0.822. The van der Waals surface area contributed by atoms with Crippen LogP contribution < -0.4 is 14.8 Å². The number of hydrogen-bond donors (Lipinski definition) is 1. The van der Waals surface area contributed by atoms with Crippen LogP contribution in [0.25, 0.3) is 0 Å². The smallest absolute Gasteiger partial charge is 0.258 e. The molecule has 0 saturated carbocycles. The maximum absolute atomic E-state index is 13.3. The molecule has 0 aliphatic rings. The lowest BCUT2D eigenvalue weighted by molar-refractivity contribution is -0.122. The van der Waals surface area contributed by atoms with E-state index in [-0.39, 0.29) is 24.8 Å². The number of rotatable bonds is 5. The van der Waals surface area contributed by atoms with Crippen molar-refractivity contribution in [1.29, 1.82) is 0 Å². The van der Waals surface area contributed by atoms with Crippen LogP contribution in [0.15, 0.2) is 48.5 Å². The second-order valence-electron chi connectivity index (χ2n) is 4.53. The number of nitrogens with one attached hydrogen (secondary N) is 1. The summed E-state index contributed by atoms with van der Waals surface area (Å²) in [5, 5.41) is 2.58. The largest absolute Gasteiger partial charge is 0.497 e. The molecular weight excluding hydrogens is 297 g/mol. The van der Waals surface area contributed by atoms with E-state index in [9.17, 15) is 9.18 Å². The van der Waals surface area contributed by atoms with Crippen LogP contribution in [0.2, 0.25) is 0 Å². The minimum atomic E-state index is -0.500. The molecule has 2 rings (SSSR count). The van der Waals surface area contributed by atoms with E-state index in [0.29, 0.717) is 0 Å². The number of hydrogen-bond acceptors (Lipinski definition) is 3. The third-order valence-electron chi connectivity index (χ3n) is 2.89. The highest BCUT2D eigenvalue weighted by Gasteiger charge is 2.04. The molecule has 0 radical (unpaired) electrons. The fourth-order valence-corrected chi connectivity index (χ4v) is 1.72. The molecule has 1 N–H and O–H groups in total. The zero-order valence-electron chi connectivity index (χ0n) is 12.6. The standard InChI is InChI=1S/C18H16FNO3/c1-22-15-10-8-14(9-11-15)5-4-12-20-18(21)13-23-17-7-3-2-6-16(17)19/h2-3,6-11H,12-13H2,1H3,(H,20,21). The summed E-state index contributed by atoms with van der Waals surface area (Å²) >= 11 is 0. The van der Waals surface area contributed by atoms with Crippen molar-refractivity contribution < 1.29 is 18.7 Å². The van der Waals surface area contributed by atoms with Gasteiger partial charge in [0.2, 0.25) is 0 Å². The normalized spacial score (nSPS) is 9.48. The molecule has 118 valence electrons. The Morgan fingerprint density at radius 3 is 2.61 bits per heavy atom. The Morgan fingerprint density at radius 1 is 1.17 bits per heavy atom. The average Bonchev–Trinajstić information content (AvgIpc) is 2.58. The van der Waals surface area contributed by atoms with Crippen LogP contribution in [0, 0.1) is 17.7 Å². The molecule has 2 aromatic carbocycles. The number of ether oxygens (including phenoxy) is 2. The second-order valence-corrected chi connectivity index (χ2v) is 4.53. The zero-order chi connectivity index (χ0) is 16.5.